The third kappa shape index (κ3) is 2.44. The normalized spacial score (nSPS) is 15.6. The first-order valence-corrected chi connectivity index (χ1v) is 5.10. The van der Waals surface area contributed by atoms with Crippen LogP contribution in [-0.2, 0) is 0 Å². The third-order valence-corrected chi connectivity index (χ3v) is 2.41. The van der Waals surface area contributed by atoms with Gasteiger partial charge in [-0.1, -0.05) is 35.9 Å². The molecule has 1 aliphatic rings. The minimum Gasteiger partial charge on any atom is -0.253 e. The highest BCUT2D eigenvalue weighted by Gasteiger charge is 2.03. The summed E-state index contributed by atoms with van der Waals surface area (Å²) < 4.78 is 0. The molecular formula is C14H14N. The number of allylic oxidation sites excluding steroid dienone is 4. The Morgan fingerprint density at radius 3 is 2.40 bits per heavy atom. The van der Waals surface area contributed by atoms with Crippen LogP contribution in [0.1, 0.15) is 12.5 Å². The maximum absolute atomic E-state index is 4.56. The molecule has 0 unspecified atom stereocenters. The molecule has 1 radical (unpaired) electrons. The molecule has 0 amide bonds. The Morgan fingerprint density at radius 2 is 1.80 bits per heavy atom. The molecule has 0 N–H and O–H groups in total. The van der Waals surface area contributed by atoms with E-state index in [1.54, 1.807) is 0 Å². The number of hydrogen-bond donors (Lipinski definition) is 0. The second kappa shape index (κ2) is 4.26. The van der Waals surface area contributed by atoms with E-state index in [4.69, 9.17) is 0 Å². The average molecular weight is 196 g/mol. The molecule has 1 aromatic carbocycles. The summed E-state index contributed by atoms with van der Waals surface area (Å²) in [5.41, 5.74) is 4.53. The van der Waals surface area contributed by atoms with Crippen molar-refractivity contribution in [3.8, 4) is 0 Å². The van der Waals surface area contributed by atoms with Crippen molar-refractivity contribution in [1.82, 2.24) is 0 Å². The van der Waals surface area contributed by atoms with Gasteiger partial charge in [-0.25, -0.2) is 0 Å². The molecule has 75 valence electrons. The number of benzene rings is 1. The van der Waals surface area contributed by atoms with E-state index in [9.17, 15) is 0 Å². The van der Waals surface area contributed by atoms with Gasteiger partial charge in [-0.3, -0.25) is 4.99 Å². The summed E-state index contributed by atoms with van der Waals surface area (Å²) in [6.07, 6.45) is 8.22. The Bertz CT molecular complexity index is 433. The molecule has 0 spiro atoms. The molecule has 15 heavy (non-hydrogen) atoms. The van der Waals surface area contributed by atoms with Gasteiger partial charge in [0.15, 0.2) is 0 Å². The van der Waals surface area contributed by atoms with Gasteiger partial charge in [0.2, 0.25) is 0 Å². The summed E-state index contributed by atoms with van der Waals surface area (Å²) >= 11 is 0. The first-order chi connectivity index (χ1) is 7.25. The van der Waals surface area contributed by atoms with Gasteiger partial charge in [0.1, 0.15) is 0 Å². The van der Waals surface area contributed by atoms with Crippen molar-refractivity contribution in [1.29, 1.82) is 0 Å². The Balaban J connectivity index is 2.19. The molecule has 1 nitrogen and oxygen atoms in total. The first-order valence-electron chi connectivity index (χ1n) is 5.10. The van der Waals surface area contributed by atoms with Gasteiger partial charge in [0, 0.05) is 12.1 Å². The Hall–Kier alpha value is -1.63. The van der Waals surface area contributed by atoms with Gasteiger partial charge >= 0.3 is 0 Å². The Morgan fingerprint density at radius 1 is 1.07 bits per heavy atom. The average Bonchev–Trinajstić information content (AvgIpc) is 2.74. The maximum Gasteiger partial charge on any atom is 0.0633 e. The van der Waals surface area contributed by atoms with E-state index in [1.807, 2.05) is 31.2 Å². The summed E-state index contributed by atoms with van der Waals surface area (Å²) in [6, 6.07) is 8.25. The topological polar surface area (TPSA) is 12.4 Å². The van der Waals surface area contributed by atoms with E-state index in [-0.39, 0.29) is 0 Å². The van der Waals surface area contributed by atoms with Crippen LogP contribution in [0.4, 0.5) is 5.69 Å². The zero-order chi connectivity index (χ0) is 10.7. The minimum absolute atomic E-state index is 1.01. The van der Waals surface area contributed by atoms with E-state index < -0.39 is 0 Å². The molecule has 0 atom stereocenters. The zero-order valence-electron chi connectivity index (χ0n) is 9.07. The fraction of sp³-hybridized carbons (Fsp3) is 0.143. The van der Waals surface area contributed by atoms with E-state index >= 15 is 0 Å². The summed E-state index contributed by atoms with van der Waals surface area (Å²) in [4.78, 5) is 4.56. The highest BCUT2D eigenvalue weighted by atomic mass is 14.7. The summed E-state index contributed by atoms with van der Waals surface area (Å²) in [6.45, 7) is 4.12. The second-order valence-corrected chi connectivity index (χ2v) is 3.71. The van der Waals surface area contributed by atoms with E-state index in [0.29, 0.717) is 0 Å². The number of aliphatic imine (C=N–C) groups is 1. The lowest BCUT2D eigenvalue weighted by Gasteiger charge is -2.01. The summed E-state index contributed by atoms with van der Waals surface area (Å²) in [7, 11) is 0. The highest BCUT2D eigenvalue weighted by molar-refractivity contribution is 6.02. The van der Waals surface area contributed by atoms with Crippen LogP contribution in [0.15, 0.2) is 53.1 Å². The van der Waals surface area contributed by atoms with Crippen LogP contribution < -0.4 is 0 Å². The van der Waals surface area contributed by atoms with Crippen LogP contribution in [0, 0.1) is 13.3 Å². The van der Waals surface area contributed by atoms with Crippen molar-refractivity contribution < 1.29 is 0 Å². The van der Waals surface area contributed by atoms with Gasteiger partial charge in [0.25, 0.3) is 0 Å². The Kier molecular flexibility index (Phi) is 2.82. The van der Waals surface area contributed by atoms with Crippen molar-refractivity contribution in [2.45, 2.75) is 13.8 Å². The summed E-state index contributed by atoms with van der Waals surface area (Å²) in [5.74, 6) is 0. The quantitative estimate of drug-likeness (QED) is 0.638. The molecule has 1 aromatic rings. The predicted octanol–water partition coefficient (Wildman–Crippen LogP) is 3.79. The fourth-order valence-corrected chi connectivity index (χ4v) is 1.49. The minimum atomic E-state index is 1.01. The van der Waals surface area contributed by atoms with E-state index in [0.717, 1.165) is 11.4 Å². The lowest BCUT2D eigenvalue weighted by molar-refractivity contribution is 1.42. The standard InChI is InChI=1S/C14H14N/c1-11-7-9-14(10-8-11)15-12(2)13-5-3-4-6-13/h3-10H,1-2H3. The summed E-state index contributed by atoms with van der Waals surface area (Å²) in [5, 5.41) is 0. The lowest BCUT2D eigenvalue weighted by atomic mass is 10.1. The number of nitrogens with zero attached hydrogens (tertiary/aromatic N) is 1. The fourth-order valence-electron chi connectivity index (χ4n) is 1.49. The molecule has 1 aliphatic carbocycles. The van der Waals surface area contributed by atoms with Crippen molar-refractivity contribution >= 4 is 11.4 Å². The zero-order valence-corrected chi connectivity index (χ0v) is 9.07. The van der Waals surface area contributed by atoms with Crippen molar-refractivity contribution in [2.24, 2.45) is 4.99 Å². The van der Waals surface area contributed by atoms with Crippen molar-refractivity contribution in [2.75, 3.05) is 0 Å². The molecule has 0 fully saturated rings. The number of aryl methyl sites for hydroxylation is 1. The molecule has 0 aromatic heterocycles. The SMILES string of the molecule is CC(=Nc1ccc(C)cc1)C1=CC=C[CH]1. The largest absolute Gasteiger partial charge is 0.253 e. The van der Waals surface area contributed by atoms with E-state index in [1.165, 1.54) is 11.1 Å². The van der Waals surface area contributed by atoms with Crippen LogP contribution in [0.3, 0.4) is 0 Å². The van der Waals surface area contributed by atoms with Gasteiger partial charge in [-0.05, 0) is 31.6 Å². The van der Waals surface area contributed by atoms with Gasteiger partial charge in [-0.2, -0.15) is 0 Å². The third-order valence-electron chi connectivity index (χ3n) is 2.41. The maximum atomic E-state index is 4.56. The van der Waals surface area contributed by atoms with E-state index in [2.05, 4.69) is 36.5 Å². The second-order valence-electron chi connectivity index (χ2n) is 3.71. The van der Waals surface area contributed by atoms with Crippen LogP contribution in [-0.4, -0.2) is 5.71 Å². The molecule has 0 saturated carbocycles. The van der Waals surface area contributed by atoms with Crippen molar-refractivity contribution in [3.05, 3.63) is 60.1 Å². The number of hydrogen-bond acceptors (Lipinski definition) is 1. The molecule has 2 rings (SSSR count). The predicted molar refractivity (Wildman–Crippen MR) is 65.5 cm³/mol. The Labute approximate surface area is 90.9 Å². The monoisotopic (exact) mass is 196 g/mol. The van der Waals surface area contributed by atoms with Crippen LogP contribution in [0.2, 0.25) is 0 Å². The first kappa shape index (κ1) is 9.91. The van der Waals surface area contributed by atoms with Gasteiger partial charge in [0.05, 0.1) is 5.69 Å². The van der Waals surface area contributed by atoms with Gasteiger partial charge < -0.3 is 0 Å². The lowest BCUT2D eigenvalue weighted by Crippen LogP contribution is -1.94. The van der Waals surface area contributed by atoms with Crippen LogP contribution in [0.5, 0.6) is 0 Å². The molecule has 1 heteroatoms. The smallest absolute Gasteiger partial charge is 0.0633 e. The molecule has 0 bridgehead atoms. The van der Waals surface area contributed by atoms with Crippen molar-refractivity contribution in [3.63, 3.8) is 0 Å². The van der Waals surface area contributed by atoms with Gasteiger partial charge in [-0.15, -0.1) is 0 Å². The highest BCUT2D eigenvalue weighted by Crippen LogP contribution is 2.17. The van der Waals surface area contributed by atoms with Crippen LogP contribution >= 0.6 is 0 Å². The molecule has 0 saturated heterocycles. The number of rotatable bonds is 2. The molecular weight excluding hydrogens is 182 g/mol. The molecule has 0 heterocycles. The van der Waals surface area contributed by atoms with Crippen LogP contribution in [0.25, 0.3) is 0 Å². The molecule has 0 aliphatic heterocycles.